The summed E-state index contributed by atoms with van der Waals surface area (Å²) in [6.45, 7) is 2.18. The number of rotatable bonds is 4. The molecule has 0 fully saturated rings. The van der Waals surface area contributed by atoms with Gasteiger partial charge in [0.05, 0.1) is 0 Å². The van der Waals surface area contributed by atoms with Crippen LogP contribution in [-0.2, 0) is 0 Å². The van der Waals surface area contributed by atoms with Crippen molar-refractivity contribution in [2.24, 2.45) is 0 Å². The molecule has 0 N–H and O–H groups in total. The predicted octanol–water partition coefficient (Wildman–Crippen LogP) is 14.8. The molecule has 2 heteroatoms. The number of hydrogen-bond acceptors (Lipinski definition) is 2. The first-order valence-electron chi connectivity index (χ1n) is 18.2. The molecule has 0 spiro atoms. The van der Waals surface area contributed by atoms with E-state index < -0.39 is 0 Å². The van der Waals surface area contributed by atoms with Gasteiger partial charge in [0.1, 0.15) is 22.3 Å². The molecular weight excluding hydrogens is 645 g/mol. The number of furan rings is 2. The summed E-state index contributed by atoms with van der Waals surface area (Å²) in [4.78, 5) is 0. The molecule has 0 aliphatic rings. The summed E-state index contributed by atoms with van der Waals surface area (Å²) in [6.07, 6.45) is 0. The van der Waals surface area contributed by atoms with Crippen LogP contribution >= 0.6 is 0 Å². The highest BCUT2D eigenvalue weighted by Gasteiger charge is 2.22. The molecule has 2 aromatic heterocycles. The first kappa shape index (κ1) is 29.8. The van der Waals surface area contributed by atoms with Crippen molar-refractivity contribution >= 4 is 65.4 Å². The minimum atomic E-state index is 0.898. The average molecular weight is 677 g/mol. The quantitative estimate of drug-likeness (QED) is 0.173. The maximum absolute atomic E-state index is 6.68. The van der Waals surface area contributed by atoms with E-state index in [2.05, 4.69) is 171 Å². The van der Waals surface area contributed by atoms with Crippen molar-refractivity contribution in [3.05, 3.63) is 181 Å². The lowest BCUT2D eigenvalue weighted by Gasteiger charge is -2.19. The summed E-state index contributed by atoms with van der Waals surface area (Å²) in [7, 11) is 0. The first-order chi connectivity index (χ1) is 26.2. The Balaban J connectivity index is 1.30. The summed E-state index contributed by atoms with van der Waals surface area (Å²) in [5, 5.41) is 9.27. The van der Waals surface area contributed by atoms with Gasteiger partial charge in [-0.05, 0) is 97.7 Å². The van der Waals surface area contributed by atoms with Crippen LogP contribution in [0.4, 0.5) is 0 Å². The third kappa shape index (κ3) is 4.52. The predicted molar refractivity (Wildman–Crippen MR) is 222 cm³/mol. The van der Waals surface area contributed by atoms with Gasteiger partial charge in [-0.2, -0.15) is 0 Å². The zero-order valence-corrected chi connectivity index (χ0v) is 29.1. The van der Waals surface area contributed by atoms with Crippen molar-refractivity contribution in [2.75, 3.05) is 0 Å². The average Bonchev–Trinajstić information content (AvgIpc) is 3.78. The van der Waals surface area contributed by atoms with E-state index in [-0.39, 0.29) is 0 Å². The van der Waals surface area contributed by atoms with Gasteiger partial charge in [-0.1, -0.05) is 146 Å². The standard InChI is InChI=1S/C51H32O2/c1-31-28-45(51-46(29-31)37-18-8-10-27-48(37)53-51)35-21-12-23-40-44(35)30-43-34(41-24-13-25-42-36-17-7-9-26-47(36)52-50(41)42)20-11-22-39(43)49(40)38-19-6-5-16-33(38)32-14-3-2-4-15-32/h2-30H,1H3. The molecule has 248 valence electrons. The SMILES string of the molecule is Cc1cc(-c2cccc3c(-c4ccccc4-c4ccccc4)c4cccc(-c5cccc6c5oc5ccccc56)c4cc23)c2oc3ccccc3c2c1. The number of hydrogen-bond donors (Lipinski definition) is 0. The maximum Gasteiger partial charge on any atom is 0.143 e. The summed E-state index contributed by atoms with van der Waals surface area (Å²) >= 11 is 0. The van der Waals surface area contributed by atoms with Crippen molar-refractivity contribution in [1.29, 1.82) is 0 Å². The lowest BCUT2D eigenvalue weighted by Crippen LogP contribution is -1.93. The van der Waals surface area contributed by atoms with Gasteiger partial charge in [0, 0.05) is 32.7 Å². The van der Waals surface area contributed by atoms with Crippen LogP contribution in [0, 0.1) is 6.92 Å². The van der Waals surface area contributed by atoms with E-state index in [1.165, 1.54) is 49.4 Å². The Kier molecular flexibility index (Phi) is 6.50. The fourth-order valence-corrected chi connectivity index (χ4v) is 8.63. The topological polar surface area (TPSA) is 26.3 Å². The van der Waals surface area contributed by atoms with Gasteiger partial charge in [-0.25, -0.2) is 0 Å². The molecule has 0 bridgehead atoms. The second-order valence-corrected chi connectivity index (χ2v) is 14.0. The molecule has 0 atom stereocenters. The molecule has 2 heterocycles. The van der Waals surface area contributed by atoms with E-state index in [9.17, 15) is 0 Å². The Morgan fingerprint density at radius 1 is 0.302 bits per heavy atom. The number of benzene rings is 9. The fraction of sp³-hybridized carbons (Fsp3) is 0.0196. The minimum Gasteiger partial charge on any atom is -0.455 e. The van der Waals surface area contributed by atoms with Crippen LogP contribution in [0.25, 0.3) is 110 Å². The molecule has 0 amide bonds. The summed E-state index contributed by atoms with van der Waals surface area (Å²) in [5.41, 5.74) is 14.1. The van der Waals surface area contributed by atoms with Gasteiger partial charge >= 0.3 is 0 Å². The smallest absolute Gasteiger partial charge is 0.143 e. The summed E-state index contributed by atoms with van der Waals surface area (Å²) in [5.74, 6) is 0. The number of fused-ring (bicyclic) bond motifs is 8. The van der Waals surface area contributed by atoms with Crippen LogP contribution < -0.4 is 0 Å². The first-order valence-corrected chi connectivity index (χ1v) is 18.2. The van der Waals surface area contributed by atoms with Crippen LogP contribution in [-0.4, -0.2) is 0 Å². The summed E-state index contributed by atoms with van der Waals surface area (Å²) < 4.78 is 13.3. The summed E-state index contributed by atoms with van der Waals surface area (Å²) in [6, 6.07) is 63.2. The lowest BCUT2D eigenvalue weighted by molar-refractivity contribution is 0.669. The Labute approximate surface area is 306 Å². The molecule has 11 aromatic rings. The monoisotopic (exact) mass is 676 g/mol. The molecule has 0 aliphatic carbocycles. The fourth-order valence-electron chi connectivity index (χ4n) is 8.63. The van der Waals surface area contributed by atoms with Crippen molar-refractivity contribution in [2.45, 2.75) is 6.92 Å². The number of aryl methyl sites for hydroxylation is 1. The van der Waals surface area contributed by atoms with Crippen molar-refractivity contribution in [1.82, 2.24) is 0 Å². The Bertz CT molecular complexity index is 3230. The minimum absolute atomic E-state index is 0.898. The van der Waals surface area contributed by atoms with Gasteiger partial charge < -0.3 is 8.83 Å². The Hall–Kier alpha value is -6.90. The van der Waals surface area contributed by atoms with Crippen LogP contribution in [0.3, 0.4) is 0 Å². The van der Waals surface area contributed by atoms with E-state index in [4.69, 9.17) is 8.83 Å². The molecular formula is C51H32O2. The molecule has 0 aliphatic heterocycles. The largest absolute Gasteiger partial charge is 0.455 e. The molecule has 0 radical (unpaired) electrons. The van der Waals surface area contributed by atoms with E-state index in [1.54, 1.807) is 0 Å². The van der Waals surface area contributed by atoms with Gasteiger partial charge in [-0.3, -0.25) is 0 Å². The normalized spacial score (nSPS) is 11.9. The van der Waals surface area contributed by atoms with Crippen molar-refractivity contribution in [3.63, 3.8) is 0 Å². The van der Waals surface area contributed by atoms with E-state index in [1.807, 2.05) is 12.1 Å². The van der Waals surface area contributed by atoms with E-state index in [0.717, 1.165) is 66.1 Å². The lowest BCUT2D eigenvalue weighted by atomic mass is 9.84. The molecule has 0 unspecified atom stereocenters. The van der Waals surface area contributed by atoms with Gasteiger partial charge in [0.25, 0.3) is 0 Å². The van der Waals surface area contributed by atoms with Crippen LogP contribution in [0.1, 0.15) is 5.56 Å². The van der Waals surface area contributed by atoms with Crippen LogP contribution in [0.5, 0.6) is 0 Å². The van der Waals surface area contributed by atoms with Crippen molar-refractivity contribution in [3.8, 4) is 44.5 Å². The van der Waals surface area contributed by atoms with Crippen molar-refractivity contribution < 1.29 is 8.83 Å². The third-order valence-corrected chi connectivity index (χ3v) is 10.9. The second kappa shape index (κ2) is 11.6. The highest BCUT2D eigenvalue weighted by molar-refractivity contribution is 6.23. The van der Waals surface area contributed by atoms with Crippen LogP contribution in [0.15, 0.2) is 185 Å². The van der Waals surface area contributed by atoms with E-state index >= 15 is 0 Å². The second-order valence-electron chi connectivity index (χ2n) is 14.0. The van der Waals surface area contributed by atoms with Gasteiger partial charge in [0.15, 0.2) is 0 Å². The Morgan fingerprint density at radius 3 is 1.49 bits per heavy atom. The zero-order chi connectivity index (χ0) is 35.0. The Morgan fingerprint density at radius 2 is 0.792 bits per heavy atom. The van der Waals surface area contributed by atoms with Crippen LogP contribution in [0.2, 0.25) is 0 Å². The molecule has 0 saturated heterocycles. The third-order valence-electron chi connectivity index (χ3n) is 10.9. The molecule has 2 nitrogen and oxygen atoms in total. The molecule has 9 aromatic carbocycles. The number of para-hydroxylation sites is 3. The van der Waals surface area contributed by atoms with Gasteiger partial charge in [-0.15, -0.1) is 0 Å². The van der Waals surface area contributed by atoms with E-state index in [0.29, 0.717) is 0 Å². The highest BCUT2D eigenvalue weighted by atomic mass is 16.3. The zero-order valence-electron chi connectivity index (χ0n) is 29.1. The maximum atomic E-state index is 6.68. The highest BCUT2D eigenvalue weighted by Crippen LogP contribution is 2.48. The molecule has 11 rings (SSSR count). The molecule has 0 saturated carbocycles. The molecule has 53 heavy (non-hydrogen) atoms. The van der Waals surface area contributed by atoms with Gasteiger partial charge in [0.2, 0.25) is 0 Å².